The third kappa shape index (κ3) is 2.30. The van der Waals surface area contributed by atoms with Gasteiger partial charge in [0, 0.05) is 0 Å². The van der Waals surface area contributed by atoms with Crippen molar-refractivity contribution in [3.05, 3.63) is 12.7 Å². The van der Waals surface area contributed by atoms with Crippen molar-refractivity contribution in [2.24, 2.45) is 5.73 Å². The van der Waals surface area contributed by atoms with Crippen molar-refractivity contribution >= 4 is 23.1 Å². The fourth-order valence-electron chi connectivity index (χ4n) is 2.32. The van der Waals surface area contributed by atoms with Gasteiger partial charge in [0.25, 0.3) is 0 Å². The summed E-state index contributed by atoms with van der Waals surface area (Å²) in [5, 5.41) is 20.1. The number of nitrogens with zero attached hydrogens (tertiary/aromatic N) is 4. The summed E-state index contributed by atoms with van der Waals surface area (Å²) in [6.07, 6.45) is -2.80. The van der Waals surface area contributed by atoms with Gasteiger partial charge in [-0.15, -0.1) is 0 Å². The van der Waals surface area contributed by atoms with Crippen LogP contribution in [0.1, 0.15) is 6.23 Å². The Hall–Kier alpha value is -2.50. The van der Waals surface area contributed by atoms with E-state index in [0.717, 1.165) is 0 Å². The SMILES string of the molecule is NC(=O)OC[C@H]1O[C@@H](n2cnc3c(N)ncnc32)C(O)C1O. The Morgan fingerprint density at radius 2 is 2.14 bits per heavy atom. The molecule has 0 saturated carbocycles. The van der Waals surface area contributed by atoms with E-state index in [1.54, 1.807) is 0 Å². The largest absolute Gasteiger partial charge is 0.447 e. The number of amides is 1. The number of ether oxygens (including phenoxy) is 2. The van der Waals surface area contributed by atoms with Crippen LogP contribution in [-0.4, -0.2) is 60.7 Å². The van der Waals surface area contributed by atoms with Crippen molar-refractivity contribution in [3.63, 3.8) is 0 Å². The number of aliphatic hydroxyl groups is 2. The molecule has 3 rings (SSSR count). The number of aromatic nitrogens is 4. The van der Waals surface area contributed by atoms with Crippen molar-refractivity contribution in [1.82, 2.24) is 19.5 Å². The number of aliphatic hydroxyl groups excluding tert-OH is 2. The predicted molar refractivity (Wildman–Crippen MR) is 71.2 cm³/mol. The van der Waals surface area contributed by atoms with Gasteiger partial charge in [-0.2, -0.15) is 0 Å². The first-order valence-electron chi connectivity index (χ1n) is 6.36. The van der Waals surface area contributed by atoms with Crippen molar-refractivity contribution in [2.45, 2.75) is 24.5 Å². The van der Waals surface area contributed by atoms with Gasteiger partial charge in [0.1, 0.15) is 36.8 Å². The molecule has 1 amide bonds. The first-order chi connectivity index (χ1) is 10.5. The molecule has 118 valence electrons. The molecule has 1 fully saturated rings. The molecule has 11 heteroatoms. The molecule has 3 heterocycles. The van der Waals surface area contributed by atoms with Crippen molar-refractivity contribution in [3.8, 4) is 0 Å². The average molecular weight is 310 g/mol. The van der Waals surface area contributed by atoms with E-state index in [9.17, 15) is 15.0 Å². The fraction of sp³-hybridized carbons (Fsp3) is 0.455. The van der Waals surface area contributed by atoms with Gasteiger partial charge in [0.2, 0.25) is 0 Å². The molecule has 4 atom stereocenters. The lowest BCUT2D eigenvalue weighted by Crippen LogP contribution is -2.35. The first kappa shape index (κ1) is 14.4. The van der Waals surface area contributed by atoms with Crippen molar-refractivity contribution in [2.75, 3.05) is 12.3 Å². The number of primary amides is 1. The van der Waals surface area contributed by atoms with Gasteiger partial charge in [0.15, 0.2) is 17.7 Å². The zero-order valence-corrected chi connectivity index (χ0v) is 11.2. The number of imidazole rings is 1. The molecule has 1 aliphatic heterocycles. The lowest BCUT2D eigenvalue weighted by molar-refractivity contribution is -0.0526. The van der Waals surface area contributed by atoms with Gasteiger partial charge in [-0.1, -0.05) is 0 Å². The normalized spacial score (nSPS) is 28.1. The molecule has 0 spiro atoms. The Labute approximate surface area is 123 Å². The summed E-state index contributed by atoms with van der Waals surface area (Å²) in [7, 11) is 0. The summed E-state index contributed by atoms with van der Waals surface area (Å²) in [4.78, 5) is 22.5. The maximum Gasteiger partial charge on any atom is 0.404 e. The highest BCUT2D eigenvalue weighted by molar-refractivity contribution is 5.81. The number of fused-ring (bicyclic) bond motifs is 1. The maximum atomic E-state index is 10.6. The molecule has 2 unspecified atom stereocenters. The molecule has 0 radical (unpaired) electrons. The predicted octanol–water partition coefficient (Wildman–Crippen LogP) is -1.88. The van der Waals surface area contributed by atoms with Gasteiger partial charge >= 0.3 is 6.09 Å². The van der Waals surface area contributed by atoms with Crippen LogP contribution in [0.4, 0.5) is 10.6 Å². The molecule has 0 bridgehead atoms. The molecule has 22 heavy (non-hydrogen) atoms. The van der Waals surface area contributed by atoms with Crippen molar-refractivity contribution < 1.29 is 24.5 Å². The molecule has 2 aromatic heterocycles. The summed E-state index contributed by atoms with van der Waals surface area (Å²) in [6.45, 7) is -0.284. The van der Waals surface area contributed by atoms with Crippen molar-refractivity contribution in [1.29, 1.82) is 0 Å². The number of rotatable bonds is 3. The second-order valence-corrected chi connectivity index (χ2v) is 4.76. The van der Waals surface area contributed by atoms with Crippen LogP contribution >= 0.6 is 0 Å². The Morgan fingerprint density at radius 1 is 1.36 bits per heavy atom. The van der Waals surface area contributed by atoms with E-state index in [4.69, 9.17) is 16.2 Å². The van der Waals surface area contributed by atoms with E-state index in [0.29, 0.717) is 11.2 Å². The molecule has 1 aliphatic rings. The number of hydrogen-bond acceptors (Lipinski definition) is 9. The van der Waals surface area contributed by atoms with E-state index in [-0.39, 0.29) is 12.4 Å². The minimum Gasteiger partial charge on any atom is -0.447 e. The standard InChI is InChI=1S/C11H14N6O5/c12-8-5-9(15-2-14-8)17(3-16-5)10-7(19)6(18)4(22-10)1-21-11(13)20/h2-4,6-7,10,18-19H,1H2,(H2,13,20)(H2,12,14,15)/t4-,6?,7?,10-/m1/s1. The van der Waals surface area contributed by atoms with E-state index in [1.165, 1.54) is 17.2 Å². The van der Waals surface area contributed by atoms with Crippen LogP contribution in [0.3, 0.4) is 0 Å². The quantitative estimate of drug-likeness (QED) is 0.506. The second-order valence-electron chi connectivity index (χ2n) is 4.76. The Morgan fingerprint density at radius 3 is 2.86 bits per heavy atom. The van der Waals surface area contributed by atoms with Crippen LogP contribution in [0, 0.1) is 0 Å². The molecular weight excluding hydrogens is 296 g/mol. The molecule has 1 saturated heterocycles. The monoisotopic (exact) mass is 310 g/mol. The highest BCUT2D eigenvalue weighted by Gasteiger charge is 2.44. The smallest absolute Gasteiger partial charge is 0.404 e. The maximum absolute atomic E-state index is 10.6. The summed E-state index contributed by atoms with van der Waals surface area (Å²) in [5.74, 6) is 0.186. The lowest BCUT2D eigenvalue weighted by atomic mass is 10.1. The fourth-order valence-corrected chi connectivity index (χ4v) is 2.32. The van der Waals surface area contributed by atoms with E-state index < -0.39 is 30.6 Å². The average Bonchev–Trinajstić information content (AvgIpc) is 3.01. The highest BCUT2D eigenvalue weighted by atomic mass is 16.6. The third-order valence-electron chi connectivity index (χ3n) is 3.39. The second kappa shape index (κ2) is 5.36. The summed E-state index contributed by atoms with van der Waals surface area (Å²) < 4.78 is 11.5. The summed E-state index contributed by atoms with van der Waals surface area (Å²) in [6, 6.07) is 0. The molecular formula is C11H14N6O5. The van der Waals surface area contributed by atoms with Gasteiger partial charge in [0.05, 0.1) is 6.33 Å². The zero-order chi connectivity index (χ0) is 15.9. The van der Waals surface area contributed by atoms with Gasteiger partial charge < -0.3 is 31.2 Å². The minimum absolute atomic E-state index is 0.186. The number of nitrogens with two attached hydrogens (primary N) is 2. The van der Waals surface area contributed by atoms with Crippen LogP contribution in [0.25, 0.3) is 11.2 Å². The molecule has 0 aliphatic carbocycles. The zero-order valence-electron chi connectivity index (χ0n) is 11.2. The Bertz CT molecular complexity index is 705. The van der Waals surface area contributed by atoms with Crippen LogP contribution in [0.5, 0.6) is 0 Å². The van der Waals surface area contributed by atoms with E-state index in [1.807, 2.05) is 0 Å². The van der Waals surface area contributed by atoms with Crippen LogP contribution < -0.4 is 11.5 Å². The van der Waals surface area contributed by atoms with Crippen LogP contribution in [0.15, 0.2) is 12.7 Å². The summed E-state index contributed by atoms with van der Waals surface area (Å²) in [5.41, 5.74) is 11.3. The lowest BCUT2D eigenvalue weighted by Gasteiger charge is -2.16. The van der Waals surface area contributed by atoms with Crippen LogP contribution in [0.2, 0.25) is 0 Å². The van der Waals surface area contributed by atoms with Gasteiger partial charge in [-0.3, -0.25) is 4.57 Å². The topological polar surface area (TPSA) is 172 Å². The number of carbonyl (C=O) groups excluding carboxylic acids is 1. The Kier molecular flexibility index (Phi) is 3.52. The van der Waals surface area contributed by atoms with E-state index in [2.05, 4.69) is 19.7 Å². The van der Waals surface area contributed by atoms with Gasteiger partial charge in [-0.05, 0) is 0 Å². The molecule has 11 nitrogen and oxygen atoms in total. The molecule has 0 aromatic carbocycles. The molecule has 2 aromatic rings. The van der Waals surface area contributed by atoms with E-state index >= 15 is 0 Å². The minimum atomic E-state index is -1.27. The number of hydrogen-bond donors (Lipinski definition) is 4. The number of anilines is 1. The summed E-state index contributed by atoms with van der Waals surface area (Å²) >= 11 is 0. The first-order valence-corrected chi connectivity index (χ1v) is 6.36. The third-order valence-corrected chi connectivity index (χ3v) is 3.39. The van der Waals surface area contributed by atoms with Crippen LogP contribution in [-0.2, 0) is 9.47 Å². The number of nitrogen functional groups attached to an aromatic ring is 1. The Balaban J connectivity index is 1.87. The molecule has 6 N–H and O–H groups in total. The number of carbonyl (C=O) groups is 1. The van der Waals surface area contributed by atoms with Gasteiger partial charge in [-0.25, -0.2) is 19.7 Å². The highest BCUT2D eigenvalue weighted by Crippen LogP contribution is 2.31.